The Morgan fingerprint density at radius 2 is 1.69 bits per heavy atom. The molecule has 1 aromatic carbocycles. The molecule has 2 N–H and O–H groups in total. The van der Waals surface area contributed by atoms with Crippen LogP contribution in [0.3, 0.4) is 0 Å². The molecule has 1 aliphatic heterocycles. The fourth-order valence-electron chi connectivity index (χ4n) is 3.98. The molecule has 7 nitrogen and oxygen atoms in total. The number of nitrogens with one attached hydrogen (secondary N) is 2. The summed E-state index contributed by atoms with van der Waals surface area (Å²) in [6.07, 6.45) is 7.19. The van der Waals surface area contributed by atoms with Gasteiger partial charge in [0, 0.05) is 31.1 Å². The Kier molecular flexibility index (Phi) is 7.01. The van der Waals surface area contributed by atoms with Crippen LogP contribution in [0.1, 0.15) is 89.4 Å². The molecular formula is C22H29N3O4. The summed E-state index contributed by atoms with van der Waals surface area (Å²) in [6.45, 7) is 2.68. The summed E-state index contributed by atoms with van der Waals surface area (Å²) in [5, 5.41) is 5.50. The third-order valence-corrected chi connectivity index (χ3v) is 5.61. The molecule has 3 rings (SSSR count). The number of carbonyl (C=O) groups is 4. The van der Waals surface area contributed by atoms with Gasteiger partial charge < -0.3 is 10.6 Å². The quantitative estimate of drug-likeness (QED) is 0.519. The maximum Gasteiger partial charge on any atom is 0.261 e. The van der Waals surface area contributed by atoms with Gasteiger partial charge in [-0.3, -0.25) is 24.1 Å². The van der Waals surface area contributed by atoms with Gasteiger partial charge in [0.15, 0.2) is 0 Å². The van der Waals surface area contributed by atoms with Crippen molar-refractivity contribution in [3.8, 4) is 0 Å². The van der Waals surface area contributed by atoms with Gasteiger partial charge in [0.2, 0.25) is 5.91 Å². The minimum Gasteiger partial charge on any atom is -0.354 e. The molecule has 1 aliphatic carbocycles. The lowest BCUT2D eigenvalue weighted by Crippen LogP contribution is -2.40. The molecule has 0 unspecified atom stereocenters. The highest BCUT2D eigenvalue weighted by molar-refractivity contribution is 6.22. The van der Waals surface area contributed by atoms with Crippen molar-refractivity contribution in [1.29, 1.82) is 0 Å². The molecule has 1 aromatic rings. The van der Waals surface area contributed by atoms with E-state index >= 15 is 0 Å². The zero-order valence-electron chi connectivity index (χ0n) is 17.0. The normalized spacial score (nSPS) is 16.7. The highest BCUT2D eigenvalue weighted by atomic mass is 16.2. The molecule has 0 saturated heterocycles. The number of amides is 4. The van der Waals surface area contributed by atoms with Crippen LogP contribution in [0.4, 0.5) is 0 Å². The SMILES string of the molecule is CCCCC(=O)NCCNC(=O)c1ccc2c(c1)C(=O)N(C1CCCCC1)C2=O. The van der Waals surface area contributed by atoms with E-state index < -0.39 is 0 Å². The fourth-order valence-corrected chi connectivity index (χ4v) is 3.98. The van der Waals surface area contributed by atoms with Gasteiger partial charge in [0.1, 0.15) is 0 Å². The van der Waals surface area contributed by atoms with Crippen LogP contribution in [-0.4, -0.2) is 47.7 Å². The summed E-state index contributed by atoms with van der Waals surface area (Å²) >= 11 is 0. The summed E-state index contributed by atoms with van der Waals surface area (Å²) in [6, 6.07) is 4.61. The van der Waals surface area contributed by atoms with Gasteiger partial charge in [0.05, 0.1) is 11.1 Å². The van der Waals surface area contributed by atoms with Crippen LogP contribution in [0.15, 0.2) is 18.2 Å². The number of hydrogen-bond acceptors (Lipinski definition) is 4. The van der Waals surface area contributed by atoms with Crippen molar-refractivity contribution in [2.75, 3.05) is 13.1 Å². The van der Waals surface area contributed by atoms with Crippen molar-refractivity contribution in [3.05, 3.63) is 34.9 Å². The molecule has 4 amide bonds. The topological polar surface area (TPSA) is 95.6 Å². The lowest BCUT2D eigenvalue weighted by atomic mass is 9.94. The molecule has 1 heterocycles. The van der Waals surface area contributed by atoms with E-state index in [0.717, 1.165) is 44.9 Å². The van der Waals surface area contributed by atoms with Gasteiger partial charge in [-0.15, -0.1) is 0 Å². The average molecular weight is 399 g/mol. The molecule has 2 aliphatic rings. The minimum absolute atomic E-state index is 0.0226. The standard InChI is InChI=1S/C22H29N3O4/c1-2-3-9-19(26)23-12-13-24-20(27)15-10-11-17-18(14-15)22(29)25(21(17)28)16-7-5-4-6-8-16/h10-11,14,16H,2-9,12-13H2,1H3,(H,23,26)(H,24,27). The van der Waals surface area contributed by atoms with E-state index in [1.54, 1.807) is 12.1 Å². The van der Waals surface area contributed by atoms with Crippen molar-refractivity contribution in [1.82, 2.24) is 15.5 Å². The van der Waals surface area contributed by atoms with Gasteiger partial charge in [-0.25, -0.2) is 0 Å². The van der Waals surface area contributed by atoms with E-state index in [1.165, 1.54) is 11.0 Å². The Morgan fingerprint density at radius 3 is 2.41 bits per heavy atom. The van der Waals surface area contributed by atoms with Gasteiger partial charge in [-0.1, -0.05) is 32.6 Å². The third kappa shape index (κ3) is 4.83. The zero-order chi connectivity index (χ0) is 20.8. The van der Waals surface area contributed by atoms with E-state index in [0.29, 0.717) is 36.2 Å². The summed E-state index contributed by atoms with van der Waals surface area (Å²) < 4.78 is 0. The zero-order valence-corrected chi connectivity index (χ0v) is 17.0. The van der Waals surface area contributed by atoms with Gasteiger partial charge >= 0.3 is 0 Å². The lowest BCUT2D eigenvalue weighted by molar-refractivity contribution is -0.121. The van der Waals surface area contributed by atoms with E-state index in [2.05, 4.69) is 10.6 Å². The molecule has 156 valence electrons. The first-order valence-electron chi connectivity index (χ1n) is 10.6. The first-order chi connectivity index (χ1) is 14.0. The molecule has 0 radical (unpaired) electrons. The van der Waals surface area contributed by atoms with Crippen molar-refractivity contribution >= 4 is 23.6 Å². The summed E-state index contributed by atoms with van der Waals surface area (Å²) in [5.74, 6) is -0.897. The largest absolute Gasteiger partial charge is 0.354 e. The molecule has 1 fully saturated rings. The van der Waals surface area contributed by atoms with E-state index in [1.807, 2.05) is 6.92 Å². The first-order valence-corrected chi connectivity index (χ1v) is 10.6. The molecular weight excluding hydrogens is 370 g/mol. The van der Waals surface area contributed by atoms with Crippen LogP contribution in [-0.2, 0) is 4.79 Å². The lowest BCUT2D eigenvalue weighted by Gasteiger charge is -2.29. The molecule has 1 saturated carbocycles. The Hall–Kier alpha value is -2.70. The monoisotopic (exact) mass is 399 g/mol. The van der Waals surface area contributed by atoms with Crippen LogP contribution in [0.2, 0.25) is 0 Å². The summed E-state index contributed by atoms with van der Waals surface area (Å²) in [4.78, 5) is 50.9. The number of fused-ring (bicyclic) bond motifs is 1. The maximum atomic E-state index is 12.8. The number of unbranched alkanes of at least 4 members (excludes halogenated alkanes) is 1. The number of nitrogens with zero attached hydrogens (tertiary/aromatic N) is 1. The van der Waals surface area contributed by atoms with E-state index in [9.17, 15) is 19.2 Å². The average Bonchev–Trinajstić information content (AvgIpc) is 2.99. The van der Waals surface area contributed by atoms with Gasteiger partial charge in [-0.05, 0) is 37.5 Å². The predicted molar refractivity (Wildman–Crippen MR) is 109 cm³/mol. The molecule has 7 heteroatoms. The first kappa shape index (κ1) is 21.0. The Morgan fingerprint density at radius 1 is 1.00 bits per heavy atom. The highest BCUT2D eigenvalue weighted by Crippen LogP contribution is 2.31. The summed E-state index contributed by atoms with van der Waals surface area (Å²) in [7, 11) is 0. The Balaban J connectivity index is 1.58. The molecule has 0 atom stereocenters. The van der Waals surface area contributed by atoms with E-state index in [-0.39, 0.29) is 29.7 Å². The summed E-state index contributed by atoms with van der Waals surface area (Å²) in [5.41, 5.74) is 1.02. The molecule has 29 heavy (non-hydrogen) atoms. The smallest absolute Gasteiger partial charge is 0.261 e. The predicted octanol–water partition coefficient (Wildman–Crippen LogP) is 2.65. The van der Waals surface area contributed by atoms with Crippen LogP contribution in [0, 0.1) is 0 Å². The number of imide groups is 1. The molecule has 0 spiro atoms. The Bertz CT molecular complexity index is 799. The van der Waals surface area contributed by atoms with E-state index in [4.69, 9.17) is 0 Å². The fraction of sp³-hybridized carbons (Fsp3) is 0.545. The highest BCUT2D eigenvalue weighted by Gasteiger charge is 2.40. The molecule has 0 bridgehead atoms. The number of benzene rings is 1. The molecule has 0 aromatic heterocycles. The van der Waals surface area contributed by atoms with Crippen LogP contribution in [0.5, 0.6) is 0 Å². The van der Waals surface area contributed by atoms with Crippen molar-refractivity contribution < 1.29 is 19.2 Å². The van der Waals surface area contributed by atoms with Crippen molar-refractivity contribution in [3.63, 3.8) is 0 Å². The van der Waals surface area contributed by atoms with Gasteiger partial charge in [0.25, 0.3) is 17.7 Å². The van der Waals surface area contributed by atoms with Crippen LogP contribution in [0.25, 0.3) is 0 Å². The minimum atomic E-state index is -0.327. The Labute approximate surface area is 171 Å². The third-order valence-electron chi connectivity index (χ3n) is 5.61. The number of carbonyl (C=O) groups excluding carboxylic acids is 4. The number of hydrogen-bond donors (Lipinski definition) is 2. The second-order valence-corrected chi connectivity index (χ2v) is 7.74. The van der Waals surface area contributed by atoms with Crippen molar-refractivity contribution in [2.24, 2.45) is 0 Å². The second kappa shape index (κ2) is 9.67. The van der Waals surface area contributed by atoms with Crippen molar-refractivity contribution in [2.45, 2.75) is 64.3 Å². The van der Waals surface area contributed by atoms with Crippen LogP contribution >= 0.6 is 0 Å². The second-order valence-electron chi connectivity index (χ2n) is 7.74. The maximum absolute atomic E-state index is 12.8. The number of rotatable bonds is 8. The van der Waals surface area contributed by atoms with Gasteiger partial charge in [-0.2, -0.15) is 0 Å². The van der Waals surface area contributed by atoms with Crippen LogP contribution < -0.4 is 10.6 Å².